The molecule has 0 saturated carbocycles. The van der Waals surface area contributed by atoms with Crippen molar-refractivity contribution in [1.29, 1.82) is 0 Å². The number of nitrogens with one attached hydrogen (secondary N) is 1. The number of amides is 1. The van der Waals surface area contributed by atoms with Crippen LogP contribution in [0.3, 0.4) is 0 Å². The highest BCUT2D eigenvalue weighted by molar-refractivity contribution is 5.92. The van der Waals surface area contributed by atoms with Crippen molar-refractivity contribution < 1.29 is 18.3 Å². The Morgan fingerprint density at radius 1 is 1.15 bits per heavy atom. The summed E-state index contributed by atoms with van der Waals surface area (Å²) in [5.41, 5.74) is 6.62. The van der Waals surface area contributed by atoms with Crippen LogP contribution in [0.15, 0.2) is 42.5 Å². The molecule has 0 fully saturated rings. The number of halogens is 2. The summed E-state index contributed by atoms with van der Waals surface area (Å²) in [7, 11) is 0. The maximum atomic E-state index is 12.9. The Balaban J connectivity index is 1.90. The number of nitrogens with two attached hydrogens (primary N) is 1. The monoisotopic (exact) mass is 278 g/mol. The lowest BCUT2D eigenvalue weighted by Crippen LogP contribution is -2.20. The molecule has 0 heterocycles. The van der Waals surface area contributed by atoms with Crippen LogP contribution in [-0.2, 0) is 4.79 Å². The van der Waals surface area contributed by atoms with Crippen LogP contribution < -0.4 is 15.8 Å². The van der Waals surface area contributed by atoms with E-state index in [9.17, 15) is 13.6 Å². The third kappa shape index (κ3) is 3.68. The molecule has 2 aromatic rings. The van der Waals surface area contributed by atoms with E-state index in [-0.39, 0.29) is 12.4 Å². The van der Waals surface area contributed by atoms with E-state index in [4.69, 9.17) is 10.5 Å². The van der Waals surface area contributed by atoms with Gasteiger partial charge in [0.15, 0.2) is 18.2 Å². The minimum absolute atomic E-state index is 0.0756. The zero-order chi connectivity index (χ0) is 14.5. The summed E-state index contributed by atoms with van der Waals surface area (Å²) in [5, 5.41) is 2.57. The van der Waals surface area contributed by atoms with E-state index in [1.54, 1.807) is 24.3 Å². The van der Waals surface area contributed by atoms with Gasteiger partial charge in [-0.2, -0.15) is 0 Å². The molecule has 0 atom stereocenters. The summed E-state index contributed by atoms with van der Waals surface area (Å²) >= 11 is 0. The van der Waals surface area contributed by atoms with Crippen LogP contribution in [0.4, 0.5) is 20.2 Å². The van der Waals surface area contributed by atoms with Crippen molar-refractivity contribution >= 4 is 17.3 Å². The molecule has 20 heavy (non-hydrogen) atoms. The summed E-state index contributed by atoms with van der Waals surface area (Å²) in [6.45, 7) is -0.320. The molecule has 0 bridgehead atoms. The van der Waals surface area contributed by atoms with Gasteiger partial charge < -0.3 is 15.8 Å². The zero-order valence-electron chi connectivity index (χ0n) is 10.4. The van der Waals surface area contributed by atoms with Crippen molar-refractivity contribution in [3.8, 4) is 5.75 Å². The van der Waals surface area contributed by atoms with Crippen LogP contribution in [0.1, 0.15) is 0 Å². The predicted molar refractivity (Wildman–Crippen MR) is 71.3 cm³/mol. The van der Waals surface area contributed by atoms with Gasteiger partial charge in [0.1, 0.15) is 5.75 Å². The normalized spacial score (nSPS) is 10.1. The van der Waals surface area contributed by atoms with Gasteiger partial charge in [-0.3, -0.25) is 4.79 Å². The van der Waals surface area contributed by atoms with E-state index in [0.717, 1.165) is 12.1 Å². The fraction of sp³-hybridized carbons (Fsp3) is 0.0714. The number of hydrogen-bond acceptors (Lipinski definition) is 3. The van der Waals surface area contributed by atoms with E-state index in [1.807, 2.05) is 0 Å². The highest BCUT2D eigenvalue weighted by Gasteiger charge is 2.06. The van der Waals surface area contributed by atoms with Gasteiger partial charge in [-0.05, 0) is 30.3 Å². The smallest absolute Gasteiger partial charge is 0.262 e. The second-order valence-corrected chi connectivity index (χ2v) is 4.04. The molecule has 4 nitrogen and oxygen atoms in total. The maximum Gasteiger partial charge on any atom is 0.262 e. The van der Waals surface area contributed by atoms with Crippen molar-refractivity contribution in [1.82, 2.24) is 0 Å². The highest BCUT2D eigenvalue weighted by atomic mass is 19.2. The number of carbonyl (C=O) groups excluding carboxylic acids is 1. The molecule has 0 unspecified atom stereocenters. The molecule has 0 aromatic heterocycles. The quantitative estimate of drug-likeness (QED) is 0.845. The lowest BCUT2D eigenvalue weighted by atomic mass is 10.3. The average Bonchev–Trinajstić information content (AvgIpc) is 2.40. The molecule has 0 aliphatic carbocycles. The Hall–Kier alpha value is -2.63. The molecular weight excluding hydrogens is 266 g/mol. The van der Waals surface area contributed by atoms with Crippen LogP contribution in [0.25, 0.3) is 0 Å². The van der Waals surface area contributed by atoms with Gasteiger partial charge in [0.25, 0.3) is 5.91 Å². The highest BCUT2D eigenvalue weighted by Crippen LogP contribution is 2.16. The summed E-state index contributed by atoms with van der Waals surface area (Å²) < 4.78 is 30.7. The first-order valence-corrected chi connectivity index (χ1v) is 5.78. The van der Waals surface area contributed by atoms with Crippen LogP contribution in [0.5, 0.6) is 5.75 Å². The Bertz CT molecular complexity index is 632. The average molecular weight is 278 g/mol. The fourth-order valence-electron chi connectivity index (χ4n) is 1.53. The number of hydrogen-bond donors (Lipinski definition) is 2. The van der Waals surface area contributed by atoms with Gasteiger partial charge in [0.05, 0.1) is 0 Å². The molecule has 3 N–H and O–H groups in total. The third-order valence-corrected chi connectivity index (χ3v) is 2.43. The van der Waals surface area contributed by atoms with E-state index in [1.165, 1.54) is 6.07 Å². The van der Waals surface area contributed by atoms with Crippen LogP contribution in [-0.4, -0.2) is 12.5 Å². The minimum atomic E-state index is -1.03. The lowest BCUT2D eigenvalue weighted by molar-refractivity contribution is -0.118. The molecule has 104 valence electrons. The van der Waals surface area contributed by atoms with E-state index in [0.29, 0.717) is 11.4 Å². The number of rotatable bonds is 4. The fourth-order valence-corrected chi connectivity index (χ4v) is 1.53. The van der Waals surface area contributed by atoms with Crippen molar-refractivity contribution in [3.05, 3.63) is 54.1 Å². The summed E-state index contributed by atoms with van der Waals surface area (Å²) in [5.74, 6) is -2.35. The Labute approximate surface area is 114 Å². The Kier molecular flexibility index (Phi) is 4.14. The van der Waals surface area contributed by atoms with Crippen molar-refractivity contribution in [3.63, 3.8) is 0 Å². The number of nitrogen functional groups attached to an aromatic ring is 1. The molecule has 0 spiro atoms. The molecule has 1 amide bonds. The predicted octanol–water partition coefficient (Wildman–Crippen LogP) is 2.56. The second kappa shape index (κ2) is 6.01. The SMILES string of the molecule is Nc1cccc(NC(=O)COc2ccc(F)c(F)c2)c1. The number of anilines is 2. The Morgan fingerprint density at radius 2 is 1.95 bits per heavy atom. The van der Waals surface area contributed by atoms with Crippen LogP contribution in [0, 0.1) is 11.6 Å². The van der Waals surface area contributed by atoms with Crippen molar-refractivity contribution in [2.45, 2.75) is 0 Å². The Morgan fingerprint density at radius 3 is 2.65 bits per heavy atom. The lowest BCUT2D eigenvalue weighted by Gasteiger charge is -2.08. The van der Waals surface area contributed by atoms with Crippen molar-refractivity contribution in [2.24, 2.45) is 0 Å². The van der Waals surface area contributed by atoms with Gasteiger partial charge in [-0.1, -0.05) is 6.07 Å². The van der Waals surface area contributed by atoms with Gasteiger partial charge >= 0.3 is 0 Å². The van der Waals surface area contributed by atoms with Crippen molar-refractivity contribution in [2.75, 3.05) is 17.7 Å². The first kappa shape index (κ1) is 13.8. The second-order valence-electron chi connectivity index (χ2n) is 4.04. The van der Waals surface area contributed by atoms with Gasteiger partial charge in [-0.25, -0.2) is 8.78 Å². The molecule has 0 radical (unpaired) electrons. The maximum absolute atomic E-state index is 12.9. The summed E-state index contributed by atoms with van der Waals surface area (Å²) in [6, 6.07) is 9.70. The first-order valence-electron chi connectivity index (χ1n) is 5.78. The topological polar surface area (TPSA) is 64.3 Å². The van der Waals surface area contributed by atoms with Crippen LogP contribution in [0.2, 0.25) is 0 Å². The standard InChI is InChI=1S/C14H12F2N2O2/c15-12-5-4-11(7-13(12)16)20-8-14(19)18-10-3-1-2-9(17)6-10/h1-7H,8,17H2,(H,18,19). The summed E-state index contributed by atoms with van der Waals surface area (Å²) in [4.78, 5) is 11.6. The van der Waals surface area contributed by atoms with E-state index >= 15 is 0 Å². The number of carbonyl (C=O) groups is 1. The minimum Gasteiger partial charge on any atom is -0.484 e. The summed E-state index contributed by atoms with van der Waals surface area (Å²) in [6.07, 6.45) is 0. The van der Waals surface area contributed by atoms with E-state index in [2.05, 4.69) is 5.32 Å². The first-order chi connectivity index (χ1) is 9.54. The van der Waals surface area contributed by atoms with Crippen LogP contribution >= 0.6 is 0 Å². The van der Waals surface area contributed by atoms with Gasteiger partial charge in [-0.15, -0.1) is 0 Å². The number of benzene rings is 2. The molecule has 2 rings (SSSR count). The molecule has 0 saturated heterocycles. The molecule has 6 heteroatoms. The zero-order valence-corrected chi connectivity index (χ0v) is 10.4. The molecule has 0 aliphatic heterocycles. The largest absolute Gasteiger partial charge is 0.484 e. The third-order valence-electron chi connectivity index (χ3n) is 2.43. The molecule has 2 aromatic carbocycles. The molecule has 0 aliphatic rings. The van der Waals surface area contributed by atoms with Gasteiger partial charge in [0, 0.05) is 17.4 Å². The number of ether oxygens (including phenoxy) is 1. The van der Waals surface area contributed by atoms with E-state index < -0.39 is 17.5 Å². The molecular formula is C14H12F2N2O2. The van der Waals surface area contributed by atoms with Gasteiger partial charge in [0.2, 0.25) is 0 Å².